The van der Waals surface area contributed by atoms with Crippen LogP contribution >= 0.6 is 11.6 Å². The predicted molar refractivity (Wildman–Crippen MR) is 70.6 cm³/mol. The van der Waals surface area contributed by atoms with Crippen LogP contribution in [0, 0.1) is 5.92 Å². The van der Waals surface area contributed by atoms with Crippen molar-refractivity contribution in [3.63, 3.8) is 0 Å². The van der Waals surface area contributed by atoms with Gasteiger partial charge in [-0.1, -0.05) is 42.3 Å². The SMILES string of the molecule is O=C(c1ccc(Cl)c2ccccc12)C1CCC1. The van der Waals surface area contributed by atoms with Gasteiger partial charge in [0, 0.05) is 21.9 Å². The van der Waals surface area contributed by atoms with Crippen LogP contribution in [0.5, 0.6) is 0 Å². The molecule has 0 aromatic heterocycles. The fraction of sp³-hybridized carbons (Fsp3) is 0.267. The summed E-state index contributed by atoms with van der Waals surface area (Å²) in [4.78, 5) is 12.3. The third kappa shape index (κ3) is 1.75. The molecule has 86 valence electrons. The molecule has 1 aliphatic carbocycles. The first-order valence-electron chi connectivity index (χ1n) is 5.99. The molecule has 0 N–H and O–H groups in total. The van der Waals surface area contributed by atoms with Crippen molar-refractivity contribution >= 4 is 28.2 Å². The molecule has 2 aromatic carbocycles. The van der Waals surface area contributed by atoms with Crippen molar-refractivity contribution in [2.24, 2.45) is 5.92 Å². The van der Waals surface area contributed by atoms with E-state index >= 15 is 0 Å². The number of rotatable bonds is 2. The van der Waals surface area contributed by atoms with E-state index in [9.17, 15) is 4.79 Å². The number of fused-ring (bicyclic) bond motifs is 1. The molecular formula is C15H13ClO. The van der Waals surface area contributed by atoms with Crippen LogP contribution in [-0.4, -0.2) is 5.78 Å². The largest absolute Gasteiger partial charge is 0.294 e. The van der Waals surface area contributed by atoms with Crippen molar-refractivity contribution in [1.82, 2.24) is 0 Å². The zero-order valence-electron chi connectivity index (χ0n) is 9.45. The third-order valence-corrected chi connectivity index (χ3v) is 3.94. The molecule has 1 saturated carbocycles. The summed E-state index contributed by atoms with van der Waals surface area (Å²) >= 11 is 6.15. The Kier molecular flexibility index (Phi) is 2.64. The lowest BCUT2D eigenvalue weighted by Gasteiger charge is -2.24. The molecule has 0 atom stereocenters. The molecule has 3 rings (SSSR count). The second kappa shape index (κ2) is 4.15. The van der Waals surface area contributed by atoms with Crippen LogP contribution in [0.3, 0.4) is 0 Å². The van der Waals surface area contributed by atoms with Crippen LogP contribution in [0.1, 0.15) is 29.6 Å². The van der Waals surface area contributed by atoms with Crippen LogP contribution in [-0.2, 0) is 0 Å². The Morgan fingerprint density at radius 1 is 1.06 bits per heavy atom. The molecule has 0 spiro atoms. The Labute approximate surface area is 105 Å². The topological polar surface area (TPSA) is 17.1 Å². The zero-order chi connectivity index (χ0) is 11.8. The second-order valence-electron chi connectivity index (χ2n) is 4.63. The average molecular weight is 245 g/mol. The number of hydrogen-bond acceptors (Lipinski definition) is 1. The summed E-state index contributed by atoms with van der Waals surface area (Å²) in [5.41, 5.74) is 0.828. The van der Waals surface area contributed by atoms with Gasteiger partial charge in [-0.2, -0.15) is 0 Å². The van der Waals surface area contributed by atoms with E-state index in [2.05, 4.69) is 0 Å². The van der Waals surface area contributed by atoms with Crippen LogP contribution in [0.15, 0.2) is 36.4 Å². The highest BCUT2D eigenvalue weighted by Crippen LogP contribution is 2.33. The predicted octanol–water partition coefficient (Wildman–Crippen LogP) is 4.48. The number of benzene rings is 2. The molecule has 0 unspecified atom stereocenters. The molecule has 2 aromatic rings. The minimum atomic E-state index is 0.236. The first-order valence-corrected chi connectivity index (χ1v) is 6.36. The van der Waals surface area contributed by atoms with Gasteiger partial charge in [0.1, 0.15) is 0 Å². The molecule has 1 aliphatic rings. The molecule has 1 fully saturated rings. The first-order chi connectivity index (χ1) is 8.27. The molecule has 0 radical (unpaired) electrons. The monoisotopic (exact) mass is 244 g/mol. The normalized spacial score (nSPS) is 15.8. The van der Waals surface area contributed by atoms with Gasteiger partial charge < -0.3 is 0 Å². The van der Waals surface area contributed by atoms with Gasteiger partial charge in [0.2, 0.25) is 0 Å². The number of Topliss-reactive ketones (excluding diaryl/α,β-unsaturated/α-hetero) is 1. The van der Waals surface area contributed by atoms with Crippen LogP contribution in [0.4, 0.5) is 0 Å². The van der Waals surface area contributed by atoms with Gasteiger partial charge in [-0.3, -0.25) is 4.79 Å². The van der Waals surface area contributed by atoms with Gasteiger partial charge in [0.05, 0.1) is 0 Å². The summed E-state index contributed by atoms with van der Waals surface area (Å²) < 4.78 is 0. The summed E-state index contributed by atoms with van der Waals surface area (Å²) in [6.07, 6.45) is 3.26. The fourth-order valence-electron chi connectivity index (χ4n) is 2.37. The molecule has 0 amide bonds. The molecule has 2 heteroatoms. The third-order valence-electron chi connectivity index (χ3n) is 3.61. The van der Waals surface area contributed by atoms with Gasteiger partial charge in [-0.25, -0.2) is 0 Å². The van der Waals surface area contributed by atoms with Gasteiger partial charge in [0.15, 0.2) is 5.78 Å². The van der Waals surface area contributed by atoms with Crippen LogP contribution in [0.2, 0.25) is 5.02 Å². The quantitative estimate of drug-likeness (QED) is 0.712. The molecule has 0 heterocycles. The van der Waals surface area contributed by atoms with Crippen molar-refractivity contribution < 1.29 is 4.79 Å². The number of carbonyl (C=O) groups is 1. The Hall–Kier alpha value is -1.34. The second-order valence-corrected chi connectivity index (χ2v) is 5.04. The maximum Gasteiger partial charge on any atom is 0.166 e. The Balaban J connectivity index is 2.16. The van der Waals surface area contributed by atoms with Gasteiger partial charge in [-0.05, 0) is 30.4 Å². The number of ketones is 1. The van der Waals surface area contributed by atoms with E-state index in [1.54, 1.807) is 0 Å². The molecule has 1 nitrogen and oxygen atoms in total. The van der Waals surface area contributed by atoms with Crippen molar-refractivity contribution in [2.45, 2.75) is 19.3 Å². The molecule has 17 heavy (non-hydrogen) atoms. The highest BCUT2D eigenvalue weighted by Gasteiger charge is 2.27. The van der Waals surface area contributed by atoms with E-state index in [0.29, 0.717) is 5.02 Å². The lowest BCUT2D eigenvalue weighted by Crippen LogP contribution is -2.22. The molecule has 0 bridgehead atoms. The fourth-order valence-corrected chi connectivity index (χ4v) is 2.60. The summed E-state index contributed by atoms with van der Waals surface area (Å²) in [6.45, 7) is 0. The minimum Gasteiger partial charge on any atom is -0.294 e. The van der Waals surface area contributed by atoms with Crippen molar-refractivity contribution in [3.05, 3.63) is 47.0 Å². The highest BCUT2D eigenvalue weighted by molar-refractivity contribution is 6.36. The van der Waals surface area contributed by atoms with E-state index in [-0.39, 0.29) is 11.7 Å². The van der Waals surface area contributed by atoms with Gasteiger partial charge >= 0.3 is 0 Å². The Bertz CT molecular complexity index is 584. The highest BCUT2D eigenvalue weighted by atomic mass is 35.5. The van der Waals surface area contributed by atoms with E-state index in [1.807, 2.05) is 36.4 Å². The van der Waals surface area contributed by atoms with Gasteiger partial charge in [-0.15, -0.1) is 0 Å². The summed E-state index contributed by atoms with van der Waals surface area (Å²) in [6, 6.07) is 11.5. The van der Waals surface area contributed by atoms with Crippen molar-refractivity contribution in [3.8, 4) is 0 Å². The molecular weight excluding hydrogens is 232 g/mol. The molecule has 0 aliphatic heterocycles. The lowest BCUT2D eigenvalue weighted by atomic mass is 9.79. The number of carbonyl (C=O) groups excluding carboxylic acids is 1. The van der Waals surface area contributed by atoms with E-state index in [1.165, 1.54) is 6.42 Å². The van der Waals surface area contributed by atoms with E-state index < -0.39 is 0 Å². The lowest BCUT2D eigenvalue weighted by molar-refractivity contribution is 0.0857. The Morgan fingerprint density at radius 2 is 1.76 bits per heavy atom. The Morgan fingerprint density at radius 3 is 2.41 bits per heavy atom. The maximum atomic E-state index is 12.3. The minimum absolute atomic E-state index is 0.236. The van der Waals surface area contributed by atoms with Crippen molar-refractivity contribution in [2.75, 3.05) is 0 Å². The smallest absolute Gasteiger partial charge is 0.166 e. The maximum absolute atomic E-state index is 12.3. The van der Waals surface area contributed by atoms with Crippen LogP contribution in [0.25, 0.3) is 10.8 Å². The summed E-state index contributed by atoms with van der Waals surface area (Å²) in [5.74, 6) is 0.517. The summed E-state index contributed by atoms with van der Waals surface area (Å²) in [5, 5.41) is 2.67. The average Bonchev–Trinajstić information content (AvgIpc) is 2.27. The molecule has 0 saturated heterocycles. The van der Waals surface area contributed by atoms with E-state index in [0.717, 1.165) is 29.2 Å². The zero-order valence-corrected chi connectivity index (χ0v) is 10.2. The summed E-state index contributed by atoms with van der Waals surface area (Å²) in [7, 11) is 0. The number of halogens is 1. The van der Waals surface area contributed by atoms with Gasteiger partial charge in [0.25, 0.3) is 0 Å². The number of hydrogen-bond donors (Lipinski definition) is 0. The van der Waals surface area contributed by atoms with E-state index in [4.69, 9.17) is 11.6 Å². The standard InChI is InChI=1S/C15H13ClO/c16-14-9-8-13(15(17)10-4-3-5-10)11-6-1-2-7-12(11)14/h1-2,6-10H,3-5H2. The first kappa shape index (κ1) is 10.8. The van der Waals surface area contributed by atoms with Crippen molar-refractivity contribution in [1.29, 1.82) is 0 Å². The van der Waals surface area contributed by atoms with Crippen LogP contribution < -0.4 is 0 Å².